The summed E-state index contributed by atoms with van der Waals surface area (Å²) < 4.78 is 11.0. The molecule has 0 saturated heterocycles. The van der Waals surface area contributed by atoms with Gasteiger partial charge in [-0.15, -0.1) is 11.3 Å². The van der Waals surface area contributed by atoms with Crippen LogP contribution in [-0.2, 0) is 12.8 Å². The summed E-state index contributed by atoms with van der Waals surface area (Å²) in [5.74, 6) is 2.55. The van der Waals surface area contributed by atoms with Gasteiger partial charge in [0.25, 0.3) is 5.56 Å². The van der Waals surface area contributed by atoms with Gasteiger partial charge in [0.2, 0.25) is 0 Å². The summed E-state index contributed by atoms with van der Waals surface area (Å²) in [4.78, 5) is 22.6. The number of nitrogens with one attached hydrogen (secondary N) is 1. The van der Waals surface area contributed by atoms with Crippen LogP contribution in [0.3, 0.4) is 0 Å². The van der Waals surface area contributed by atoms with E-state index in [0.717, 1.165) is 35.0 Å². The topological polar surface area (TPSA) is 64.2 Å². The standard InChI is InChI=1S/C20H22N2O3S/c1-4-25-14-8-6-12(10-15(14)24-3)18-21-19(23)17-13-7-5-11(2)9-16(13)26-20(17)22-18/h6,8,10-11H,4-5,7,9H2,1-3H3,(H,21,22,23). The molecule has 0 spiro atoms. The summed E-state index contributed by atoms with van der Waals surface area (Å²) in [6.07, 6.45) is 3.15. The Hall–Kier alpha value is -2.34. The number of hydrogen-bond acceptors (Lipinski definition) is 5. The minimum atomic E-state index is -0.0510. The van der Waals surface area contributed by atoms with Crippen LogP contribution in [0.1, 0.15) is 30.7 Å². The van der Waals surface area contributed by atoms with Gasteiger partial charge in [0.1, 0.15) is 10.7 Å². The van der Waals surface area contributed by atoms with Gasteiger partial charge in [-0.25, -0.2) is 4.98 Å². The lowest BCUT2D eigenvalue weighted by atomic mass is 9.89. The van der Waals surface area contributed by atoms with Crippen LogP contribution in [-0.4, -0.2) is 23.7 Å². The van der Waals surface area contributed by atoms with E-state index in [-0.39, 0.29) is 5.56 Å². The number of benzene rings is 1. The summed E-state index contributed by atoms with van der Waals surface area (Å²) in [5.41, 5.74) is 1.96. The number of ether oxygens (including phenoxy) is 2. The number of aromatic nitrogens is 2. The van der Waals surface area contributed by atoms with E-state index in [4.69, 9.17) is 14.5 Å². The van der Waals surface area contributed by atoms with Gasteiger partial charge in [-0.05, 0) is 55.9 Å². The summed E-state index contributed by atoms with van der Waals surface area (Å²) >= 11 is 1.66. The molecule has 0 fully saturated rings. The van der Waals surface area contributed by atoms with Crippen molar-refractivity contribution >= 4 is 21.6 Å². The zero-order valence-corrected chi connectivity index (χ0v) is 16.0. The maximum absolute atomic E-state index is 12.8. The highest BCUT2D eigenvalue weighted by atomic mass is 32.1. The molecule has 0 radical (unpaired) electrons. The number of methoxy groups -OCH3 is 1. The Morgan fingerprint density at radius 3 is 2.96 bits per heavy atom. The van der Waals surface area contributed by atoms with Gasteiger partial charge in [-0.2, -0.15) is 0 Å². The van der Waals surface area contributed by atoms with E-state index in [9.17, 15) is 4.79 Å². The molecule has 0 bridgehead atoms. The Labute approximate surface area is 156 Å². The van der Waals surface area contributed by atoms with E-state index in [1.165, 1.54) is 10.4 Å². The van der Waals surface area contributed by atoms with Crippen molar-refractivity contribution in [2.24, 2.45) is 5.92 Å². The highest BCUT2D eigenvalue weighted by Gasteiger charge is 2.23. The average Bonchev–Trinajstić information content (AvgIpc) is 3.00. The normalized spacial score (nSPS) is 16.5. The third-order valence-electron chi connectivity index (χ3n) is 4.90. The summed E-state index contributed by atoms with van der Waals surface area (Å²) in [6.45, 7) is 4.76. The van der Waals surface area contributed by atoms with E-state index >= 15 is 0 Å². The molecule has 0 aliphatic heterocycles. The minimum Gasteiger partial charge on any atom is -0.493 e. The van der Waals surface area contributed by atoms with Crippen LogP contribution in [0.15, 0.2) is 23.0 Å². The van der Waals surface area contributed by atoms with Crippen LogP contribution >= 0.6 is 11.3 Å². The molecule has 2 aromatic heterocycles. The first kappa shape index (κ1) is 17.1. The highest BCUT2D eigenvalue weighted by molar-refractivity contribution is 7.18. The van der Waals surface area contributed by atoms with Crippen LogP contribution in [0.25, 0.3) is 21.6 Å². The largest absolute Gasteiger partial charge is 0.493 e. The SMILES string of the molecule is CCOc1ccc(-c2nc3sc4c(c3c(=O)[nH]2)CCC(C)C4)cc1OC. The molecule has 1 aliphatic carbocycles. The molecule has 1 unspecified atom stereocenters. The molecule has 136 valence electrons. The molecule has 0 amide bonds. The van der Waals surface area contributed by atoms with Gasteiger partial charge in [0.05, 0.1) is 19.1 Å². The first-order chi connectivity index (χ1) is 12.6. The van der Waals surface area contributed by atoms with E-state index in [0.29, 0.717) is 29.8 Å². The molecule has 5 nitrogen and oxygen atoms in total. The molecule has 26 heavy (non-hydrogen) atoms. The zero-order valence-electron chi connectivity index (χ0n) is 15.2. The van der Waals surface area contributed by atoms with Gasteiger partial charge >= 0.3 is 0 Å². The molecule has 1 atom stereocenters. The monoisotopic (exact) mass is 370 g/mol. The Kier molecular flexibility index (Phi) is 4.44. The summed E-state index contributed by atoms with van der Waals surface area (Å²) in [5, 5.41) is 0.776. The number of thiophene rings is 1. The first-order valence-corrected chi connectivity index (χ1v) is 9.78. The van der Waals surface area contributed by atoms with E-state index < -0.39 is 0 Å². The van der Waals surface area contributed by atoms with E-state index in [1.54, 1.807) is 18.4 Å². The summed E-state index contributed by atoms with van der Waals surface area (Å²) in [7, 11) is 1.61. The number of aromatic amines is 1. The van der Waals surface area contributed by atoms with Gasteiger partial charge < -0.3 is 14.5 Å². The first-order valence-electron chi connectivity index (χ1n) is 8.96. The fourth-order valence-electron chi connectivity index (χ4n) is 3.58. The van der Waals surface area contributed by atoms with Gasteiger partial charge in [-0.3, -0.25) is 4.79 Å². The second kappa shape index (κ2) is 6.76. The molecule has 1 aliphatic rings. The number of rotatable bonds is 4. The molecule has 1 N–H and O–H groups in total. The van der Waals surface area contributed by atoms with Gasteiger partial charge in [0, 0.05) is 10.4 Å². The molecule has 2 heterocycles. The molecular formula is C20H22N2O3S. The van der Waals surface area contributed by atoms with Crippen molar-refractivity contribution in [1.82, 2.24) is 9.97 Å². The Morgan fingerprint density at radius 1 is 1.35 bits per heavy atom. The van der Waals surface area contributed by atoms with E-state index in [1.807, 2.05) is 25.1 Å². The van der Waals surface area contributed by atoms with Crippen molar-refractivity contribution in [3.8, 4) is 22.9 Å². The maximum atomic E-state index is 12.8. The fraction of sp³-hybridized carbons (Fsp3) is 0.400. The minimum absolute atomic E-state index is 0.0510. The average molecular weight is 370 g/mol. The van der Waals surface area contributed by atoms with Crippen molar-refractivity contribution in [1.29, 1.82) is 0 Å². The van der Waals surface area contributed by atoms with Gasteiger partial charge in [0.15, 0.2) is 11.5 Å². The maximum Gasteiger partial charge on any atom is 0.260 e. The number of fused-ring (bicyclic) bond motifs is 3. The smallest absolute Gasteiger partial charge is 0.260 e. The van der Waals surface area contributed by atoms with E-state index in [2.05, 4.69) is 11.9 Å². The molecule has 3 aromatic rings. The third kappa shape index (κ3) is 2.88. The van der Waals surface area contributed by atoms with Crippen molar-refractivity contribution in [2.75, 3.05) is 13.7 Å². The van der Waals surface area contributed by atoms with Crippen molar-refractivity contribution in [3.63, 3.8) is 0 Å². The Bertz CT molecular complexity index is 1020. The third-order valence-corrected chi connectivity index (χ3v) is 6.05. The lowest BCUT2D eigenvalue weighted by molar-refractivity contribution is 0.311. The molecule has 6 heteroatoms. The Morgan fingerprint density at radius 2 is 2.19 bits per heavy atom. The van der Waals surface area contributed by atoms with Crippen molar-refractivity contribution in [3.05, 3.63) is 39.0 Å². The number of nitrogens with zero attached hydrogens (tertiary/aromatic N) is 1. The van der Waals surface area contributed by atoms with Crippen molar-refractivity contribution in [2.45, 2.75) is 33.1 Å². The summed E-state index contributed by atoms with van der Waals surface area (Å²) in [6, 6.07) is 5.60. The van der Waals surface area contributed by atoms with Crippen LogP contribution in [0.5, 0.6) is 11.5 Å². The highest BCUT2D eigenvalue weighted by Crippen LogP contribution is 2.37. The van der Waals surface area contributed by atoms with Crippen LogP contribution < -0.4 is 15.0 Å². The predicted molar refractivity (Wildman–Crippen MR) is 105 cm³/mol. The number of hydrogen-bond donors (Lipinski definition) is 1. The molecule has 0 saturated carbocycles. The molecule has 1 aromatic carbocycles. The quantitative estimate of drug-likeness (QED) is 0.748. The Balaban J connectivity index is 1.82. The number of aryl methyl sites for hydroxylation is 1. The fourth-order valence-corrected chi connectivity index (χ4v) is 4.96. The van der Waals surface area contributed by atoms with Crippen LogP contribution in [0.4, 0.5) is 0 Å². The lowest BCUT2D eigenvalue weighted by Crippen LogP contribution is -2.13. The van der Waals surface area contributed by atoms with Crippen LogP contribution in [0.2, 0.25) is 0 Å². The van der Waals surface area contributed by atoms with Gasteiger partial charge in [-0.1, -0.05) is 6.92 Å². The molecular weight excluding hydrogens is 348 g/mol. The predicted octanol–water partition coefficient (Wildman–Crippen LogP) is 4.18. The number of H-pyrrole nitrogens is 1. The zero-order chi connectivity index (χ0) is 18.3. The van der Waals surface area contributed by atoms with Crippen molar-refractivity contribution < 1.29 is 9.47 Å². The van der Waals surface area contributed by atoms with Crippen LogP contribution in [0, 0.1) is 5.92 Å². The second-order valence-electron chi connectivity index (χ2n) is 6.75. The molecule has 4 rings (SSSR count). The second-order valence-corrected chi connectivity index (χ2v) is 7.83. The lowest BCUT2D eigenvalue weighted by Gasteiger charge is -2.17.